The number of benzene rings is 1. The van der Waals surface area contributed by atoms with Gasteiger partial charge < -0.3 is 9.47 Å². The van der Waals surface area contributed by atoms with Gasteiger partial charge in [-0.3, -0.25) is 10.1 Å². The van der Waals surface area contributed by atoms with Gasteiger partial charge in [0.25, 0.3) is 10.9 Å². The Hall–Kier alpha value is -2.13. The predicted molar refractivity (Wildman–Crippen MR) is 73.4 cm³/mol. The van der Waals surface area contributed by atoms with Crippen molar-refractivity contribution in [3.63, 3.8) is 0 Å². The number of nitro benzene ring substituents is 1. The Labute approximate surface area is 123 Å². The Balaban J connectivity index is 2.18. The second-order valence-electron chi connectivity index (χ2n) is 4.15. The fourth-order valence-electron chi connectivity index (χ4n) is 1.59. The van der Waals surface area contributed by atoms with Crippen molar-refractivity contribution in [3.8, 4) is 10.9 Å². The van der Waals surface area contributed by atoms with Gasteiger partial charge in [-0.05, 0) is 13.0 Å². The predicted octanol–water partition coefficient (Wildman–Crippen LogP) is 2.88. The van der Waals surface area contributed by atoms with Crippen LogP contribution in [0.25, 0.3) is 0 Å². The van der Waals surface area contributed by atoms with Crippen LogP contribution in [-0.4, -0.2) is 28.0 Å². The van der Waals surface area contributed by atoms with Crippen LogP contribution in [0.3, 0.4) is 0 Å². The van der Waals surface area contributed by atoms with Crippen LogP contribution in [0.5, 0.6) is 10.9 Å². The van der Waals surface area contributed by atoms with Crippen LogP contribution >= 0.6 is 11.5 Å². The molecule has 0 aliphatic heterocycles. The highest BCUT2D eigenvalue weighted by atomic mass is 32.1. The minimum atomic E-state index is -0.819. The summed E-state index contributed by atoms with van der Waals surface area (Å²) in [5.74, 6) is -0.399. The number of nitro groups is 1. The highest BCUT2D eigenvalue weighted by molar-refractivity contribution is 7.07. The van der Waals surface area contributed by atoms with Crippen molar-refractivity contribution < 1.29 is 18.8 Å². The van der Waals surface area contributed by atoms with Gasteiger partial charge in [0, 0.05) is 30.6 Å². The SMILES string of the molecule is COCCc1nsc(Oc2cc(C)c([N+](=O)[O-])cc2F)n1. The zero-order chi connectivity index (χ0) is 15.4. The van der Waals surface area contributed by atoms with Gasteiger partial charge in [-0.15, -0.1) is 0 Å². The molecule has 0 bridgehead atoms. The van der Waals surface area contributed by atoms with Crippen LogP contribution in [0.2, 0.25) is 0 Å². The first kappa shape index (κ1) is 15.3. The summed E-state index contributed by atoms with van der Waals surface area (Å²) in [7, 11) is 1.57. The molecule has 0 fully saturated rings. The number of halogens is 1. The van der Waals surface area contributed by atoms with Gasteiger partial charge in [-0.25, -0.2) is 4.39 Å². The summed E-state index contributed by atoms with van der Waals surface area (Å²) in [6, 6.07) is 2.10. The molecule has 0 saturated heterocycles. The van der Waals surface area contributed by atoms with E-state index in [0.717, 1.165) is 17.6 Å². The number of ether oxygens (including phenoxy) is 2. The zero-order valence-electron chi connectivity index (χ0n) is 11.3. The van der Waals surface area contributed by atoms with Crippen LogP contribution < -0.4 is 4.74 Å². The summed E-state index contributed by atoms with van der Waals surface area (Å²) in [6.07, 6.45) is 0.526. The van der Waals surface area contributed by atoms with E-state index in [1.165, 1.54) is 13.0 Å². The summed E-state index contributed by atoms with van der Waals surface area (Å²) in [5.41, 5.74) is 0.0124. The van der Waals surface area contributed by atoms with Crippen LogP contribution in [0.1, 0.15) is 11.4 Å². The van der Waals surface area contributed by atoms with Crippen LogP contribution in [0.15, 0.2) is 12.1 Å². The Morgan fingerprint density at radius 3 is 2.90 bits per heavy atom. The van der Waals surface area contributed by atoms with Gasteiger partial charge in [-0.2, -0.15) is 9.36 Å². The molecule has 0 aliphatic carbocycles. The molecule has 0 atom stereocenters. The molecule has 21 heavy (non-hydrogen) atoms. The molecule has 2 aromatic rings. The highest BCUT2D eigenvalue weighted by Crippen LogP contribution is 2.31. The zero-order valence-corrected chi connectivity index (χ0v) is 12.1. The maximum atomic E-state index is 13.8. The van der Waals surface area contributed by atoms with Crippen molar-refractivity contribution in [2.75, 3.05) is 13.7 Å². The van der Waals surface area contributed by atoms with Crippen LogP contribution in [0.4, 0.5) is 10.1 Å². The molecule has 0 spiro atoms. The number of aromatic nitrogens is 2. The topological polar surface area (TPSA) is 87.4 Å². The van der Waals surface area contributed by atoms with Gasteiger partial charge in [-0.1, -0.05) is 0 Å². The first-order valence-electron chi connectivity index (χ1n) is 5.95. The average Bonchev–Trinajstić information content (AvgIpc) is 2.87. The third-order valence-electron chi connectivity index (χ3n) is 2.62. The minimum absolute atomic E-state index is 0.118. The molecule has 2 rings (SSSR count). The lowest BCUT2D eigenvalue weighted by atomic mass is 10.2. The quantitative estimate of drug-likeness (QED) is 0.602. The van der Waals surface area contributed by atoms with E-state index in [1.807, 2.05) is 0 Å². The number of hydrogen-bond donors (Lipinski definition) is 0. The van der Waals surface area contributed by atoms with Gasteiger partial charge in [0.05, 0.1) is 17.6 Å². The third-order valence-corrected chi connectivity index (χ3v) is 3.26. The minimum Gasteiger partial charge on any atom is -0.427 e. The van der Waals surface area contributed by atoms with Crippen molar-refractivity contribution in [1.82, 2.24) is 9.36 Å². The second-order valence-corrected chi connectivity index (χ2v) is 4.86. The fourth-order valence-corrected chi connectivity index (χ4v) is 2.18. The fraction of sp³-hybridized carbons (Fsp3) is 0.333. The molecule has 0 aliphatic rings. The number of methoxy groups -OCH3 is 1. The first-order valence-corrected chi connectivity index (χ1v) is 6.72. The van der Waals surface area contributed by atoms with Crippen LogP contribution in [-0.2, 0) is 11.2 Å². The van der Waals surface area contributed by atoms with E-state index in [1.54, 1.807) is 7.11 Å². The summed E-state index contributed by atoms with van der Waals surface area (Å²) in [6.45, 7) is 1.98. The number of hydrogen-bond acceptors (Lipinski definition) is 7. The van der Waals surface area contributed by atoms with E-state index in [0.29, 0.717) is 24.4 Å². The Bertz CT molecular complexity index is 662. The smallest absolute Gasteiger partial charge is 0.298 e. The van der Waals surface area contributed by atoms with E-state index in [-0.39, 0.29) is 16.6 Å². The summed E-state index contributed by atoms with van der Waals surface area (Å²) in [4.78, 5) is 14.1. The average molecular weight is 313 g/mol. The lowest BCUT2D eigenvalue weighted by Gasteiger charge is -2.04. The molecular formula is C12H12FN3O4S. The lowest BCUT2D eigenvalue weighted by Crippen LogP contribution is -1.97. The molecule has 9 heteroatoms. The van der Waals surface area contributed by atoms with Gasteiger partial charge >= 0.3 is 0 Å². The van der Waals surface area contributed by atoms with Gasteiger partial charge in [0.1, 0.15) is 5.82 Å². The normalized spacial score (nSPS) is 10.6. The van der Waals surface area contributed by atoms with Crippen molar-refractivity contribution in [2.45, 2.75) is 13.3 Å². The molecular weight excluding hydrogens is 301 g/mol. The number of aryl methyl sites for hydroxylation is 1. The third kappa shape index (κ3) is 3.70. The molecule has 0 amide bonds. The molecule has 112 valence electrons. The van der Waals surface area contributed by atoms with E-state index in [9.17, 15) is 14.5 Å². The second kappa shape index (κ2) is 6.55. The lowest BCUT2D eigenvalue weighted by molar-refractivity contribution is -0.385. The molecule has 7 nitrogen and oxygen atoms in total. The van der Waals surface area contributed by atoms with E-state index < -0.39 is 10.7 Å². The Kier molecular flexibility index (Phi) is 4.76. The van der Waals surface area contributed by atoms with Crippen molar-refractivity contribution in [3.05, 3.63) is 39.5 Å². The molecule has 1 aromatic heterocycles. The Morgan fingerprint density at radius 2 is 2.24 bits per heavy atom. The standard InChI is InChI=1S/C12H12FN3O4S/c1-7-5-10(8(13)6-9(7)16(17)18)20-12-14-11(15-21-12)3-4-19-2/h5-6H,3-4H2,1-2H3. The Morgan fingerprint density at radius 1 is 1.48 bits per heavy atom. The molecule has 0 radical (unpaired) electrons. The monoisotopic (exact) mass is 313 g/mol. The van der Waals surface area contributed by atoms with Gasteiger partial charge in [0.15, 0.2) is 11.6 Å². The van der Waals surface area contributed by atoms with Crippen molar-refractivity contribution >= 4 is 17.2 Å². The number of nitrogens with zero attached hydrogens (tertiary/aromatic N) is 3. The first-order chi connectivity index (χ1) is 10.0. The molecule has 1 heterocycles. The summed E-state index contributed by atoms with van der Waals surface area (Å²) < 4.78 is 28.0. The molecule has 0 saturated carbocycles. The largest absolute Gasteiger partial charge is 0.427 e. The molecule has 0 N–H and O–H groups in total. The highest BCUT2D eigenvalue weighted by Gasteiger charge is 2.18. The maximum Gasteiger partial charge on any atom is 0.298 e. The summed E-state index contributed by atoms with van der Waals surface area (Å²) in [5, 5.41) is 10.9. The summed E-state index contributed by atoms with van der Waals surface area (Å²) >= 11 is 0.980. The van der Waals surface area contributed by atoms with E-state index >= 15 is 0 Å². The van der Waals surface area contributed by atoms with Gasteiger partial charge in [0.2, 0.25) is 0 Å². The molecule has 0 unspecified atom stereocenters. The van der Waals surface area contributed by atoms with Crippen molar-refractivity contribution in [1.29, 1.82) is 0 Å². The maximum absolute atomic E-state index is 13.8. The van der Waals surface area contributed by atoms with E-state index in [2.05, 4.69) is 9.36 Å². The van der Waals surface area contributed by atoms with Crippen molar-refractivity contribution in [2.24, 2.45) is 0 Å². The van der Waals surface area contributed by atoms with E-state index in [4.69, 9.17) is 9.47 Å². The number of rotatable bonds is 6. The molecule has 1 aromatic carbocycles. The van der Waals surface area contributed by atoms with Crippen LogP contribution in [0, 0.1) is 22.9 Å².